The Morgan fingerprint density at radius 3 is 2.53 bits per heavy atom. The van der Waals surface area contributed by atoms with Crippen molar-refractivity contribution in [2.45, 2.75) is 30.7 Å². The van der Waals surface area contributed by atoms with Crippen molar-refractivity contribution < 1.29 is 8.42 Å². The van der Waals surface area contributed by atoms with Crippen molar-refractivity contribution in [3.05, 3.63) is 18.3 Å². The highest BCUT2D eigenvalue weighted by atomic mass is 32.2. The Hall–Kier alpha value is -1.14. The Balaban J connectivity index is 2.08. The lowest BCUT2D eigenvalue weighted by Crippen LogP contribution is -2.43. The Morgan fingerprint density at radius 2 is 2.06 bits per heavy atom. The van der Waals surface area contributed by atoms with Crippen molar-refractivity contribution in [1.82, 2.24) is 9.71 Å². The van der Waals surface area contributed by atoms with E-state index in [0.717, 1.165) is 12.8 Å². The summed E-state index contributed by atoms with van der Waals surface area (Å²) in [6.45, 7) is 2.12. The van der Waals surface area contributed by atoms with E-state index in [4.69, 9.17) is 0 Å². The second-order valence-electron chi connectivity index (χ2n) is 4.52. The predicted octanol–water partition coefficient (Wildman–Crippen LogP) is 1.20. The lowest BCUT2D eigenvalue weighted by molar-refractivity contribution is 0.270. The summed E-state index contributed by atoms with van der Waals surface area (Å²) in [6, 6.07) is 3.29. The van der Waals surface area contributed by atoms with Crippen LogP contribution in [0.4, 0.5) is 5.82 Å². The van der Waals surface area contributed by atoms with Gasteiger partial charge in [0.2, 0.25) is 10.0 Å². The fourth-order valence-electron chi connectivity index (χ4n) is 1.97. The average Bonchev–Trinajstić information content (AvgIpc) is 2.27. The molecule has 0 atom stereocenters. The van der Waals surface area contributed by atoms with Crippen molar-refractivity contribution in [3.8, 4) is 0 Å². The molecule has 17 heavy (non-hydrogen) atoms. The van der Waals surface area contributed by atoms with E-state index >= 15 is 0 Å². The van der Waals surface area contributed by atoms with Gasteiger partial charge in [0.25, 0.3) is 0 Å². The monoisotopic (exact) mass is 255 g/mol. The van der Waals surface area contributed by atoms with Crippen molar-refractivity contribution in [1.29, 1.82) is 0 Å². The fourth-order valence-corrected chi connectivity index (χ4v) is 3.18. The minimum Gasteiger partial charge on any atom is -0.373 e. The van der Waals surface area contributed by atoms with Gasteiger partial charge in [0.05, 0.1) is 0 Å². The van der Waals surface area contributed by atoms with Crippen molar-refractivity contribution >= 4 is 15.8 Å². The number of hydrogen-bond acceptors (Lipinski definition) is 4. The number of pyridine rings is 1. The fraction of sp³-hybridized carbons (Fsp3) is 0.545. The molecular formula is C11H17N3O2S. The zero-order valence-corrected chi connectivity index (χ0v) is 10.8. The van der Waals surface area contributed by atoms with E-state index < -0.39 is 10.0 Å². The quantitative estimate of drug-likeness (QED) is 0.848. The van der Waals surface area contributed by atoms with Gasteiger partial charge in [-0.1, -0.05) is 6.92 Å². The van der Waals surface area contributed by atoms with Gasteiger partial charge in [-0.15, -0.1) is 0 Å². The van der Waals surface area contributed by atoms with E-state index in [1.807, 2.05) is 0 Å². The number of sulfonamides is 1. The molecule has 94 valence electrons. The summed E-state index contributed by atoms with van der Waals surface area (Å²) < 4.78 is 26.6. The highest BCUT2D eigenvalue weighted by Gasteiger charge is 2.29. The minimum atomic E-state index is -3.41. The van der Waals surface area contributed by atoms with Crippen LogP contribution in [0.1, 0.15) is 19.8 Å². The van der Waals surface area contributed by atoms with Crippen LogP contribution in [-0.2, 0) is 10.0 Å². The van der Waals surface area contributed by atoms with Gasteiger partial charge in [-0.25, -0.2) is 18.1 Å². The molecule has 1 saturated carbocycles. The molecule has 2 N–H and O–H groups in total. The highest BCUT2D eigenvalue weighted by Crippen LogP contribution is 2.27. The van der Waals surface area contributed by atoms with Crippen LogP contribution in [0.15, 0.2) is 23.2 Å². The topological polar surface area (TPSA) is 71.1 Å². The third-order valence-electron chi connectivity index (χ3n) is 3.00. The average molecular weight is 255 g/mol. The van der Waals surface area contributed by atoms with E-state index in [1.165, 1.54) is 6.20 Å². The first-order valence-corrected chi connectivity index (χ1v) is 7.15. The maximum atomic E-state index is 12.0. The Morgan fingerprint density at radius 1 is 1.35 bits per heavy atom. The van der Waals surface area contributed by atoms with Gasteiger partial charge >= 0.3 is 0 Å². The summed E-state index contributed by atoms with van der Waals surface area (Å²) in [4.78, 5) is 4.22. The van der Waals surface area contributed by atoms with E-state index in [9.17, 15) is 8.42 Å². The summed E-state index contributed by atoms with van der Waals surface area (Å²) in [5.41, 5.74) is 0. The van der Waals surface area contributed by atoms with Crippen LogP contribution >= 0.6 is 0 Å². The van der Waals surface area contributed by atoms with Gasteiger partial charge < -0.3 is 5.32 Å². The second kappa shape index (κ2) is 4.62. The molecule has 6 heteroatoms. The lowest BCUT2D eigenvalue weighted by Gasteiger charge is -2.32. The molecule has 0 aliphatic heterocycles. The summed E-state index contributed by atoms with van der Waals surface area (Å²) in [7, 11) is -1.67. The van der Waals surface area contributed by atoms with E-state index in [0.29, 0.717) is 11.7 Å². The molecule has 1 aliphatic rings. The Kier molecular flexibility index (Phi) is 3.35. The first-order chi connectivity index (χ1) is 8.01. The van der Waals surface area contributed by atoms with Crippen molar-refractivity contribution in [3.63, 3.8) is 0 Å². The molecular weight excluding hydrogens is 238 g/mol. The highest BCUT2D eigenvalue weighted by molar-refractivity contribution is 7.89. The summed E-state index contributed by atoms with van der Waals surface area (Å²) in [5, 5.41) is 2.85. The summed E-state index contributed by atoms with van der Waals surface area (Å²) in [5.74, 6) is 1.27. The van der Waals surface area contributed by atoms with E-state index in [-0.39, 0.29) is 10.9 Å². The van der Waals surface area contributed by atoms with Gasteiger partial charge in [-0.05, 0) is 30.9 Å². The zero-order chi connectivity index (χ0) is 12.5. The number of rotatable bonds is 4. The number of aromatic nitrogens is 1. The number of anilines is 1. The van der Waals surface area contributed by atoms with Crippen LogP contribution < -0.4 is 10.0 Å². The van der Waals surface area contributed by atoms with Crippen LogP contribution in [0.5, 0.6) is 0 Å². The largest absolute Gasteiger partial charge is 0.373 e. The Bertz CT molecular complexity index is 478. The molecule has 0 bridgehead atoms. The molecule has 1 aliphatic carbocycles. The molecule has 2 rings (SSSR count). The molecule has 1 aromatic rings. The first kappa shape index (κ1) is 12.3. The standard InChI is InChI=1S/C11H17N3O2S/c1-8-5-9(6-8)14-17(15,16)10-3-4-11(12-2)13-7-10/h3-4,7-9,14H,5-6H2,1-2H3,(H,12,13). The molecule has 0 amide bonds. The van der Waals surface area contributed by atoms with Gasteiger partial charge in [0.15, 0.2) is 0 Å². The second-order valence-corrected chi connectivity index (χ2v) is 6.24. The molecule has 1 heterocycles. The van der Waals surface area contributed by atoms with Gasteiger partial charge in [-0.2, -0.15) is 0 Å². The lowest BCUT2D eigenvalue weighted by atomic mass is 9.83. The SMILES string of the molecule is CNc1ccc(S(=O)(=O)NC2CC(C)C2)cn1. The Labute approximate surface area is 102 Å². The smallest absolute Gasteiger partial charge is 0.242 e. The van der Waals surface area contributed by atoms with E-state index in [1.54, 1.807) is 19.2 Å². The molecule has 5 nitrogen and oxygen atoms in total. The van der Waals surface area contributed by atoms with Gasteiger partial charge in [0.1, 0.15) is 10.7 Å². The molecule has 1 fully saturated rings. The third kappa shape index (κ3) is 2.76. The molecule has 0 saturated heterocycles. The maximum absolute atomic E-state index is 12.0. The van der Waals surface area contributed by atoms with Crippen LogP contribution in [0.25, 0.3) is 0 Å². The molecule has 0 aromatic carbocycles. The van der Waals surface area contributed by atoms with Crippen molar-refractivity contribution in [2.75, 3.05) is 12.4 Å². The van der Waals surface area contributed by atoms with Crippen LogP contribution in [0, 0.1) is 5.92 Å². The molecule has 0 spiro atoms. The van der Waals surface area contributed by atoms with Crippen LogP contribution in [0.3, 0.4) is 0 Å². The third-order valence-corrected chi connectivity index (χ3v) is 4.50. The molecule has 0 unspecified atom stereocenters. The molecule has 1 aromatic heterocycles. The first-order valence-electron chi connectivity index (χ1n) is 5.67. The van der Waals surface area contributed by atoms with Crippen molar-refractivity contribution in [2.24, 2.45) is 5.92 Å². The van der Waals surface area contributed by atoms with Gasteiger partial charge in [0, 0.05) is 19.3 Å². The van der Waals surface area contributed by atoms with E-state index in [2.05, 4.69) is 21.9 Å². The van der Waals surface area contributed by atoms with Gasteiger partial charge in [-0.3, -0.25) is 0 Å². The summed E-state index contributed by atoms with van der Waals surface area (Å²) >= 11 is 0. The number of nitrogens with zero attached hydrogens (tertiary/aromatic N) is 1. The molecule has 0 radical (unpaired) electrons. The maximum Gasteiger partial charge on any atom is 0.242 e. The van der Waals surface area contributed by atoms with Crippen LogP contribution in [0.2, 0.25) is 0 Å². The normalized spacial score (nSPS) is 24.1. The van der Waals surface area contributed by atoms with Crippen LogP contribution in [-0.4, -0.2) is 26.5 Å². The number of nitrogens with one attached hydrogen (secondary N) is 2. The predicted molar refractivity (Wildman–Crippen MR) is 66.3 cm³/mol. The number of hydrogen-bond donors (Lipinski definition) is 2. The zero-order valence-electron chi connectivity index (χ0n) is 9.97. The minimum absolute atomic E-state index is 0.0824. The summed E-state index contributed by atoms with van der Waals surface area (Å²) in [6.07, 6.45) is 3.21.